The number of aliphatic hydroxyl groups excluding tert-OH is 1. The standard InChI is InChI=1S/C52H59ClN10O7S2/c1-27(22-54-41(65)21-39-48-61-60-32(6)63(48)51-44(28(2)31(5)72-51)45(58-39)34-14-16-36(53)17-15-34)70-43-19-18-38(23-55-43)69-25-42(66)59-47(52(7,8)9)50(68)62-24-37(64)20-40(62)49(67)57-29(3)33-10-12-35(13-11-33)46-30(4)56-26-71-46/h10-19,23,26-27,29,37,39-40,47,64H,20-22,24-25H2,1-9H3,(H,54,65)(H,57,67)(H,59,66)/t27-,29-,37+,39-,40-,47+/m0/s1. The number of carbonyl (C=O) groups is 4. The molecule has 0 unspecified atom stereocenters. The van der Waals surface area contributed by atoms with Gasteiger partial charge in [0.15, 0.2) is 12.4 Å². The molecule has 8 rings (SSSR count). The topological polar surface area (TPSA) is 215 Å². The Morgan fingerprint density at radius 3 is 2.31 bits per heavy atom. The average molecular weight is 1040 g/mol. The van der Waals surface area contributed by atoms with E-state index in [1.54, 1.807) is 41.7 Å². The van der Waals surface area contributed by atoms with Crippen molar-refractivity contribution in [2.45, 2.75) is 112 Å². The van der Waals surface area contributed by atoms with E-state index in [0.29, 0.717) is 16.7 Å². The average Bonchev–Trinajstić information content (AvgIpc) is 4.11. The van der Waals surface area contributed by atoms with Gasteiger partial charge in [0.1, 0.15) is 40.8 Å². The highest BCUT2D eigenvalue weighted by molar-refractivity contribution is 7.15. The number of fused-ring (bicyclic) bond motifs is 3. The van der Waals surface area contributed by atoms with Gasteiger partial charge in [-0.1, -0.05) is 68.8 Å². The van der Waals surface area contributed by atoms with Gasteiger partial charge in [-0.25, -0.2) is 9.97 Å². The molecule has 72 heavy (non-hydrogen) atoms. The third-order valence-corrected chi connectivity index (χ3v) is 15.2. The number of halogens is 1. The highest BCUT2D eigenvalue weighted by atomic mass is 35.5. The molecule has 6 aromatic rings. The summed E-state index contributed by atoms with van der Waals surface area (Å²) in [7, 11) is 0. The molecular formula is C52H59ClN10O7S2. The van der Waals surface area contributed by atoms with Crippen LogP contribution in [0.25, 0.3) is 15.4 Å². The first-order valence-electron chi connectivity index (χ1n) is 23.7. The van der Waals surface area contributed by atoms with E-state index in [2.05, 4.69) is 50.0 Å². The fraction of sp³-hybridized carbons (Fsp3) is 0.404. The zero-order valence-corrected chi connectivity index (χ0v) is 44.0. The number of thiophene rings is 1. The summed E-state index contributed by atoms with van der Waals surface area (Å²) < 4.78 is 13.8. The van der Waals surface area contributed by atoms with Crippen LogP contribution in [0.2, 0.25) is 5.02 Å². The first kappa shape index (κ1) is 51.8. The lowest BCUT2D eigenvalue weighted by molar-refractivity contribution is -0.144. The van der Waals surface area contributed by atoms with Crippen molar-refractivity contribution in [2.24, 2.45) is 10.4 Å². The normalized spacial score (nSPS) is 17.7. The zero-order chi connectivity index (χ0) is 51.6. The van der Waals surface area contributed by atoms with Crippen molar-refractivity contribution in [3.63, 3.8) is 0 Å². The van der Waals surface area contributed by atoms with E-state index in [0.717, 1.165) is 54.0 Å². The van der Waals surface area contributed by atoms with Crippen molar-refractivity contribution in [3.8, 4) is 27.1 Å². The van der Waals surface area contributed by atoms with E-state index >= 15 is 0 Å². The van der Waals surface area contributed by atoms with Gasteiger partial charge in [0, 0.05) is 40.1 Å². The van der Waals surface area contributed by atoms with Crippen LogP contribution in [0.15, 0.2) is 77.4 Å². The van der Waals surface area contributed by atoms with Crippen LogP contribution in [-0.2, 0) is 19.2 Å². The monoisotopic (exact) mass is 1030 g/mol. The number of rotatable bonds is 16. The van der Waals surface area contributed by atoms with Crippen molar-refractivity contribution in [2.75, 3.05) is 19.7 Å². The molecule has 0 spiro atoms. The molecule has 4 aromatic heterocycles. The van der Waals surface area contributed by atoms with E-state index in [4.69, 9.17) is 26.1 Å². The molecule has 0 radical (unpaired) electrons. The summed E-state index contributed by atoms with van der Waals surface area (Å²) in [4.78, 5) is 72.3. The molecule has 2 aliphatic heterocycles. The predicted octanol–water partition coefficient (Wildman–Crippen LogP) is 7.35. The van der Waals surface area contributed by atoms with Crippen LogP contribution in [0.4, 0.5) is 0 Å². The molecule has 0 bridgehead atoms. The van der Waals surface area contributed by atoms with Crippen LogP contribution in [0.1, 0.15) is 104 Å². The van der Waals surface area contributed by atoms with Crippen LogP contribution in [0, 0.1) is 33.1 Å². The van der Waals surface area contributed by atoms with Crippen LogP contribution in [0.3, 0.4) is 0 Å². The minimum absolute atomic E-state index is 0.0153. The fourth-order valence-corrected chi connectivity index (χ4v) is 10.9. The lowest BCUT2D eigenvalue weighted by atomic mass is 9.85. The second kappa shape index (κ2) is 21.7. The molecule has 20 heteroatoms. The number of hydrogen-bond acceptors (Lipinski definition) is 14. The third kappa shape index (κ3) is 11.5. The van der Waals surface area contributed by atoms with Gasteiger partial charge < -0.3 is 35.4 Å². The summed E-state index contributed by atoms with van der Waals surface area (Å²) in [6, 6.07) is 15.6. The number of aliphatic hydroxyl groups is 1. The Balaban J connectivity index is 0.828. The number of aromatic nitrogens is 5. The fourth-order valence-electron chi connectivity index (χ4n) is 8.77. The highest BCUT2D eigenvalue weighted by Gasteiger charge is 2.45. The number of amides is 4. The number of nitrogens with zero attached hydrogens (tertiary/aromatic N) is 7. The Labute approximate surface area is 431 Å². The number of benzene rings is 2. The smallest absolute Gasteiger partial charge is 0.258 e. The van der Waals surface area contributed by atoms with E-state index in [9.17, 15) is 24.3 Å². The highest BCUT2D eigenvalue weighted by Crippen LogP contribution is 2.40. The first-order chi connectivity index (χ1) is 34.2. The Bertz CT molecular complexity index is 2980. The molecular weight excluding hydrogens is 976 g/mol. The van der Waals surface area contributed by atoms with Gasteiger partial charge in [-0.2, -0.15) is 0 Å². The summed E-state index contributed by atoms with van der Waals surface area (Å²) in [5.74, 6) is 0.135. The van der Waals surface area contributed by atoms with Gasteiger partial charge >= 0.3 is 0 Å². The van der Waals surface area contributed by atoms with Crippen LogP contribution in [-0.4, -0.2) is 108 Å². The van der Waals surface area contributed by atoms with Crippen LogP contribution >= 0.6 is 34.3 Å². The molecule has 378 valence electrons. The minimum Gasteiger partial charge on any atom is -0.482 e. The van der Waals surface area contributed by atoms with Crippen molar-refractivity contribution in [3.05, 3.63) is 122 Å². The predicted molar refractivity (Wildman–Crippen MR) is 277 cm³/mol. The Hall–Kier alpha value is -6.54. The summed E-state index contributed by atoms with van der Waals surface area (Å²) in [5, 5.41) is 29.9. The summed E-state index contributed by atoms with van der Waals surface area (Å²) in [5.41, 5.74) is 7.63. The number of β-amino-alcohol motifs (C(OH)–C–C–N with tert-alkyl or cyclic N) is 1. The first-order valence-corrected chi connectivity index (χ1v) is 25.8. The van der Waals surface area contributed by atoms with Crippen molar-refractivity contribution in [1.29, 1.82) is 0 Å². The van der Waals surface area contributed by atoms with Crippen LogP contribution < -0.4 is 25.4 Å². The van der Waals surface area contributed by atoms with E-state index in [-0.39, 0.29) is 49.5 Å². The van der Waals surface area contributed by atoms with Crippen molar-refractivity contribution in [1.82, 2.24) is 45.6 Å². The quantitative estimate of drug-likeness (QED) is 0.0752. The Kier molecular flexibility index (Phi) is 15.6. The summed E-state index contributed by atoms with van der Waals surface area (Å²) >= 11 is 9.46. The second-order valence-corrected chi connectivity index (χ2v) is 21.8. The van der Waals surface area contributed by atoms with Gasteiger partial charge in [0.2, 0.25) is 23.6 Å². The van der Waals surface area contributed by atoms with Gasteiger partial charge in [-0.3, -0.25) is 28.7 Å². The number of hydrogen-bond donors (Lipinski definition) is 4. The number of aliphatic imine (C=N–C) groups is 1. The summed E-state index contributed by atoms with van der Waals surface area (Å²) in [6.07, 6.45) is 0.104. The molecule has 4 amide bonds. The number of nitrogens with one attached hydrogen (secondary N) is 3. The molecule has 17 nitrogen and oxygen atoms in total. The summed E-state index contributed by atoms with van der Waals surface area (Å²) in [6.45, 7) is 16.8. The number of likely N-dealkylation sites (tertiary alicyclic amines) is 1. The minimum atomic E-state index is -1.04. The molecule has 1 fully saturated rings. The molecule has 6 heterocycles. The zero-order valence-electron chi connectivity index (χ0n) is 41.6. The molecule has 2 aromatic carbocycles. The van der Waals surface area contributed by atoms with E-state index < -0.39 is 60.1 Å². The number of aryl methyl sites for hydroxylation is 3. The number of pyridine rings is 1. The van der Waals surface area contributed by atoms with Crippen molar-refractivity contribution >= 4 is 63.6 Å². The second-order valence-electron chi connectivity index (χ2n) is 19.3. The van der Waals surface area contributed by atoms with E-state index in [1.807, 2.05) is 100 Å². The maximum atomic E-state index is 14.2. The maximum Gasteiger partial charge on any atom is 0.258 e. The van der Waals surface area contributed by atoms with E-state index in [1.165, 1.54) is 11.1 Å². The lowest BCUT2D eigenvalue weighted by Gasteiger charge is -2.35. The molecule has 6 atom stereocenters. The molecule has 1 saturated heterocycles. The SMILES string of the molecule is Cc1ncsc1-c1ccc([C@H](C)NC(=O)[C@@H]2C[C@@H](O)CN2C(=O)[C@@H](NC(=O)COc2ccc(O[C@@H](C)CNC(=O)C[C@@H]3N=C(c4ccc(Cl)cc4)c4c(sc(C)c4C)-n4c(C)nnc43)nc2)C(C)(C)C)cc1. The van der Waals surface area contributed by atoms with Gasteiger partial charge in [0.05, 0.1) is 53.1 Å². The van der Waals surface area contributed by atoms with Crippen molar-refractivity contribution < 1.29 is 33.8 Å². The lowest BCUT2D eigenvalue weighted by Crippen LogP contribution is -2.58. The van der Waals surface area contributed by atoms with Gasteiger partial charge in [0.25, 0.3) is 5.91 Å². The Morgan fingerprint density at radius 1 is 0.917 bits per heavy atom. The number of thiazole rings is 1. The molecule has 2 aliphatic rings. The van der Waals surface area contributed by atoms with Gasteiger partial charge in [-0.05, 0) is 81.8 Å². The molecule has 0 aliphatic carbocycles. The third-order valence-electron chi connectivity index (χ3n) is 12.8. The molecule has 4 N–H and O–H groups in total. The number of ether oxygens (including phenoxy) is 2. The Morgan fingerprint density at radius 2 is 1.64 bits per heavy atom. The molecule has 0 saturated carbocycles. The largest absolute Gasteiger partial charge is 0.482 e. The van der Waals surface area contributed by atoms with Crippen LogP contribution in [0.5, 0.6) is 11.6 Å². The maximum absolute atomic E-state index is 14.2. The van der Waals surface area contributed by atoms with Gasteiger partial charge in [-0.15, -0.1) is 32.9 Å². The number of carbonyl (C=O) groups excluding carboxylic acids is 4.